The molecular formula is C10H10N2O4S. The Morgan fingerprint density at radius 2 is 2.29 bits per heavy atom. The third-order valence-electron chi connectivity index (χ3n) is 2.33. The number of rotatable bonds is 3. The Morgan fingerprint density at radius 3 is 2.82 bits per heavy atom. The van der Waals surface area contributed by atoms with Crippen molar-refractivity contribution in [1.82, 2.24) is 5.32 Å². The summed E-state index contributed by atoms with van der Waals surface area (Å²) >= 11 is 1.06. The molecule has 1 atom stereocenters. The molecule has 90 valence electrons. The highest BCUT2D eigenvalue weighted by molar-refractivity contribution is 7.12. The second kappa shape index (κ2) is 4.54. The molecule has 0 saturated carbocycles. The lowest BCUT2D eigenvalue weighted by molar-refractivity contribution is -0.126. The number of esters is 1. The number of carbonyl (C=O) groups is 3. The molecule has 7 heteroatoms. The summed E-state index contributed by atoms with van der Waals surface area (Å²) < 4.78 is 5.01. The molecule has 1 aromatic heterocycles. The summed E-state index contributed by atoms with van der Waals surface area (Å²) in [6, 6.07) is 1.36. The van der Waals surface area contributed by atoms with Crippen molar-refractivity contribution in [2.24, 2.45) is 5.73 Å². The van der Waals surface area contributed by atoms with Gasteiger partial charge in [0.25, 0.3) is 5.91 Å². The first-order chi connectivity index (χ1) is 8.08. The Hall–Kier alpha value is -1.89. The largest absolute Gasteiger partial charge is 0.448 e. The molecule has 1 unspecified atom stereocenters. The average Bonchev–Trinajstić information content (AvgIpc) is 2.88. The molecule has 0 aliphatic carbocycles. The van der Waals surface area contributed by atoms with Gasteiger partial charge in [-0.3, -0.25) is 9.59 Å². The van der Waals surface area contributed by atoms with Crippen molar-refractivity contribution >= 4 is 29.1 Å². The van der Waals surface area contributed by atoms with E-state index in [1.54, 1.807) is 0 Å². The lowest BCUT2D eigenvalue weighted by atomic mass is 10.3. The van der Waals surface area contributed by atoms with E-state index in [0.29, 0.717) is 13.0 Å². The topological polar surface area (TPSA) is 98.5 Å². The van der Waals surface area contributed by atoms with Gasteiger partial charge in [-0.05, 0) is 6.07 Å². The summed E-state index contributed by atoms with van der Waals surface area (Å²) in [6.07, 6.45) is -0.264. The number of amides is 2. The quantitative estimate of drug-likeness (QED) is 0.735. The van der Waals surface area contributed by atoms with E-state index < -0.39 is 18.0 Å². The number of hydrogen-bond donors (Lipinski definition) is 2. The molecule has 2 rings (SSSR count). The minimum Gasteiger partial charge on any atom is -0.448 e. The smallest absolute Gasteiger partial charge is 0.349 e. The SMILES string of the molecule is NC(=O)c1csc(C(=O)OC2CCNC2=O)c1. The van der Waals surface area contributed by atoms with Gasteiger partial charge >= 0.3 is 5.97 Å². The molecule has 1 aliphatic heterocycles. The van der Waals surface area contributed by atoms with Crippen molar-refractivity contribution in [3.63, 3.8) is 0 Å². The monoisotopic (exact) mass is 254 g/mol. The van der Waals surface area contributed by atoms with Crippen LogP contribution in [-0.4, -0.2) is 30.4 Å². The standard InChI is InChI=1S/C10H10N2O4S/c11-8(13)5-3-7(17-4-5)10(15)16-6-1-2-12-9(6)14/h3-4,6H,1-2H2,(H2,11,13)(H,12,14). The van der Waals surface area contributed by atoms with Crippen LogP contribution in [0.3, 0.4) is 0 Å². The molecule has 0 bridgehead atoms. The van der Waals surface area contributed by atoms with Crippen LogP contribution < -0.4 is 11.1 Å². The zero-order valence-electron chi connectivity index (χ0n) is 8.76. The molecule has 2 heterocycles. The van der Waals surface area contributed by atoms with E-state index in [-0.39, 0.29) is 16.3 Å². The van der Waals surface area contributed by atoms with E-state index >= 15 is 0 Å². The van der Waals surface area contributed by atoms with Gasteiger partial charge in [-0.25, -0.2) is 4.79 Å². The van der Waals surface area contributed by atoms with Crippen LogP contribution in [0, 0.1) is 0 Å². The number of nitrogens with two attached hydrogens (primary N) is 1. The fourth-order valence-electron chi connectivity index (χ4n) is 1.44. The fourth-order valence-corrected chi connectivity index (χ4v) is 2.22. The first kappa shape index (κ1) is 11.6. The van der Waals surface area contributed by atoms with Crippen LogP contribution in [0.25, 0.3) is 0 Å². The lowest BCUT2D eigenvalue weighted by Gasteiger charge is -2.07. The Bertz CT molecular complexity index is 482. The molecule has 1 saturated heterocycles. The van der Waals surface area contributed by atoms with E-state index in [0.717, 1.165) is 11.3 Å². The Labute approximate surface area is 101 Å². The van der Waals surface area contributed by atoms with Crippen LogP contribution in [0.15, 0.2) is 11.4 Å². The third-order valence-corrected chi connectivity index (χ3v) is 3.24. The van der Waals surface area contributed by atoms with Gasteiger partial charge in [0.2, 0.25) is 5.91 Å². The van der Waals surface area contributed by atoms with Crippen molar-refractivity contribution in [3.8, 4) is 0 Å². The molecule has 0 radical (unpaired) electrons. The number of primary amides is 1. The molecule has 0 aromatic carbocycles. The zero-order valence-corrected chi connectivity index (χ0v) is 9.58. The highest BCUT2D eigenvalue weighted by Gasteiger charge is 2.28. The molecule has 6 nitrogen and oxygen atoms in total. The molecule has 1 fully saturated rings. The minimum absolute atomic E-state index is 0.262. The third kappa shape index (κ3) is 2.44. The predicted octanol–water partition coefficient (Wildman–Crippen LogP) is -0.108. The number of thiophene rings is 1. The summed E-state index contributed by atoms with van der Waals surface area (Å²) in [6.45, 7) is 0.508. The average molecular weight is 254 g/mol. The molecule has 17 heavy (non-hydrogen) atoms. The lowest BCUT2D eigenvalue weighted by Crippen LogP contribution is -2.27. The Balaban J connectivity index is 2.04. The van der Waals surface area contributed by atoms with Crippen molar-refractivity contribution in [3.05, 3.63) is 21.9 Å². The zero-order chi connectivity index (χ0) is 12.4. The van der Waals surface area contributed by atoms with Crippen molar-refractivity contribution < 1.29 is 19.1 Å². The molecule has 1 aromatic rings. The maximum Gasteiger partial charge on any atom is 0.349 e. The number of nitrogens with one attached hydrogen (secondary N) is 1. The number of ether oxygens (including phenoxy) is 1. The van der Waals surface area contributed by atoms with E-state index in [9.17, 15) is 14.4 Å². The van der Waals surface area contributed by atoms with Gasteiger partial charge in [-0.1, -0.05) is 0 Å². The van der Waals surface area contributed by atoms with Gasteiger partial charge in [0.05, 0.1) is 5.56 Å². The Morgan fingerprint density at radius 1 is 1.53 bits per heavy atom. The normalized spacial score (nSPS) is 18.8. The van der Waals surface area contributed by atoms with E-state index in [4.69, 9.17) is 10.5 Å². The molecule has 3 N–H and O–H groups in total. The summed E-state index contributed by atoms with van der Waals surface area (Å²) in [7, 11) is 0. The highest BCUT2D eigenvalue weighted by Crippen LogP contribution is 2.17. The van der Waals surface area contributed by atoms with E-state index in [1.807, 2.05) is 0 Å². The molecule has 2 amide bonds. The van der Waals surface area contributed by atoms with Gasteiger partial charge in [0, 0.05) is 18.3 Å². The predicted molar refractivity (Wildman–Crippen MR) is 59.7 cm³/mol. The summed E-state index contributed by atoms with van der Waals surface area (Å²) in [5.41, 5.74) is 5.33. The molecular weight excluding hydrogens is 244 g/mol. The highest BCUT2D eigenvalue weighted by atomic mass is 32.1. The van der Waals surface area contributed by atoms with Gasteiger partial charge in [-0.15, -0.1) is 11.3 Å². The summed E-state index contributed by atoms with van der Waals surface area (Å²) in [4.78, 5) is 33.9. The fraction of sp³-hybridized carbons (Fsp3) is 0.300. The van der Waals surface area contributed by atoms with Gasteiger partial charge in [-0.2, -0.15) is 0 Å². The minimum atomic E-state index is -0.735. The van der Waals surface area contributed by atoms with Crippen molar-refractivity contribution in [2.75, 3.05) is 6.54 Å². The second-order valence-electron chi connectivity index (χ2n) is 3.54. The summed E-state index contributed by atoms with van der Waals surface area (Å²) in [5, 5.41) is 4.04. The maximum absolute atomic E-state index is 11.6. The van der Waals surface area contributed by atoms with Gasteiger partial charge in [0.1, 0.15) is 4.88 Å². The van der Waals surface area contributed by atoms with Gasteiger partial charge in [0.15, 0.2) is 6.10 Å². The first-order valence-corrected chi connectivity index (χ1v) is 5.83. The van der Waals surface area contributed by atoms with Crippen LogP contribution in [0.2, 0.25) is 0 Å². The number of carbonyl (C=O) groups excluding carboxylic acids is 3. The van der Waals surface area contributed by atoms with Crippen molar-refractivity contribution in [2.45, 2.75) is 12.5 Å². The van der Waals surface area contributed by atoms with E-state index in [1.165, 1.54) is 11.4 Å². The van der Waals surface area contributed by atoms with Crippen LogP contribution in [0.1, 0.15) is 26.5 Å². The molecule has 1 aliphatic rings. The first-order valence-electron chi connectivity index (χ1n) is 4.95. The summed E-state index contributed by atoms with van der Waals surface area (Å²) in [5.74, 6) is -1.49. The molecule has 0 spiro atoms. The second-order valence-corrected chi connectivity index (χ2v) is 4.45. The maximum atomic E-state index is 11.6. The van der Waals surface area contributed by atoms with E-state index in [2.05, 4.69) is 5.32 Å². The van der Waals surface area contributed by atoms with Gasteiger partial charge < -0.3 is 15.8 Å². The number of hydrogen-bond acceptors (Lipinski definition) is 5. The Kier molecular flexibility index (Phi) is 3.10. The van der Waals surface area contributed by atoms with Crippen LogP contribution in [-0.2, 0) is 9.53 Å². The van der Waals surface area contributed by atoms with Crippen LogP contribution in [0.5, 0.6) is 0 Å². The van der Waals surface area contributed by atoms with Crippen molar-refractivity contribution in [1.29, 1.82) is 0 Å². The van der Waals surface area contributed by atoms with Crippen LogP contribution in [0.4, 0.5) is 0 Å². The van der Waals surface area contributed by atoms with Crippen LogP contribution >= 0.6 is 11.3 Å².